The van der Waals surface area contributed by atoms with Crippen molar-refractivity contribution in [2.75, 3.05) is 19.6 Å². The van der Waals surface area contributed by atoms with Crippen molar-refractivity contribution in [3.63, 3.8) is 0 Å². The number of carbonyl (C=O) groups excluding carboxylic acids is 1. The van der Waals surface area contributed by atoms with Gasteiger partial charge >= 0.3 is 0 Å². The average molecular weight is 269 g/mol. The fourth-order valence-electron chi connectivity index (χ4n) is 4.50. The Kier molecular flexibility index (Phi) is 3.14. The SMILES string of the molecule is O=C(CN1CC2CCCC2C1)c1ccc2c(c1)CCC2. The zero-order chi connectivity index (χ0) is 13.5. The van der Waals surface area contributed by atoms with Gasteiger partial charge in [0.1, 0.15) is 0 Å². The predicted molar refractivity (Wildman–Crippen MR) is 80.1 cm³/mol. The third-order valence-corrected chi connectivity index (χ3v) is 5.59. The molecule has 1 aliphatic heterocycles. The normalized spacial score (nSPS) is 28.6. The van der Waals surface area contributed by atoms with E-state index < -0.39 is 0 Å². The summed E-state index contributed by atoms with van der Waals surface area (Å²) in [6.45, 7) is 2.94. The molecule has 2 heteroatoms. The van der Waals surface area contributed by atoms with Gasteiger partial charge in [-0.3, -0.25) is 9.69 Å². The number of likely N-dealkylation sites (tertiary alicyclic amines) is 1. The third kappa shape index (κ3) is 2.20. The van der Waals surface area contributed by atoms with Crippen LogP contribution < -0.4 is 0 Å². The highest BCUT2D eigenvalue weighted by Crippen LogP contribution is 2.37. The van der Waals surface area contributed by atoms with Crippen LogP contribution in [0.3, 0.4) is 0 Å². The number of Topliss-reactive ketones (excluding diaryl/α,β-unsaturated/α-hetero) is 1. The minimum absolute atomic E-state index is 0.319. The quantitative estimate of drug-likeness (QED) is 0.786. The molecule has 0 aromatic heterocycles. The fraction of sp³-hybridized carbons (Fsp3) is 0.611. The van der Waals surface area contributed by atoms with E-state index in [1.165, 1.54) is 43.2 Å². The maximum atomic E-state index is 12.5. The number of benzene rings is 1. The van der Waals surface area contributed by atoms with Crippen LogP contribution in [0.1, 0.15) is 47.2 Å². The molecule has 0 N–H and O–H groups in total. The predicted octanol–water partition coefficient (Wildman–Crippen LogP) is 3.09. The summed E-state index contributed by atoms with van der Waals surface area (Å²) < 4.78 is 0. The molecular formula is C18H23NO. The Morgan fingerprint density at radius 1 is 1.05 bits per heavy atom. The highest BCUT2D eigenvalue weighted by Gasteiger charge is 2.36. The summed E-state index contributed by atoms with van der Waals surface area (Å²) in [7, 11) is 0. The van der Waals surface area contributed by atoms with Gasteiger partial charge in [-0.15, -0.1) is 0 Å². The summed E-state index contributed by atoms with van der Waals surface area (Å²) in [4.78, 5) is 14.9. The maximum absolute atomic E-state index is 12.5. The van der Waals surface area contributed by atoms with Crippen molar-refractivity contribution in [1.82, 2.24) is 4.90 Å². The number of fused-ring (bicyclic) bond motifs is 2. The van der Waals surface area contributed by atoms with Crippen LogP contribution in [0.2, 0.25) is 0 Å². The first kappa shape index (κ1) is 12.6. The monoisotopic (exact) mass is 269 g/mol. The van der Waals surface area contributed by atoms with Crippen LogP contribution in [-0.4, -0.2) is 30.3 Å². The molecule has 2 fully saturated rings. The minimum Gasteiger partial charge on any atom is -0.295 e. The van der Waals surface area contributed by atoms with Crippen LogP contribution in [0.25, 0.3) is 0 Å². The molecule has 2 aliphatic carbocycles. The van der Waals surface area contributed by atoms with Gasteiger partial charge in [-0.1, -0.05) is 18.6 Å². The Balaban J connectivity index is 1.43. The first-order valence-electron chi connectivity index (χ1n) is 8.17. The largest absolute Gasteiger partial charge is 0.295 e. The van der Waals surface area contributed by atoms with E-state index in [9.17, 15) is 4.79 Å². The van der Waals surface area contributed by atoms with Gasteiger partial charge < -0.3 is 0 Å². The molecule has 1 saturated carbocycles. The molecule has 0 bridgehead atoms. The molecule has 4 rings (SSSR count). The van der Waals surface area contributed by atoms with Crippen molar-refractivity contribution in [1.29, 1.82) is 0 Å². The molecule has 1 aromatic rings. The van der Waals surface area contributed by atoms with Crippen LogP contribution in [0.4, 0.5) is 0 Å². The molecule has 1 heterocycles. The van der Waals surface area contributed by atoms with E-state index in [1.54, 1.807) is 0 Å². The molecule has 20 heavy (non-hydrogen) atoms. The lowest BCUT2D eigenvalue weighted by Crippen LogP contribution is -2.28. The molecule has 0 radical (unpaired) electrons. The first-order chi connectivity index (χ1) is 9.79. The summed E-state index contributed by atoms with van der Waals surface area (Å²) in [6.07, 6.45) is 7.77. The summed E-state index contributed by atoms with van der Waals surface area (Å²) in [6, 6.07) is 6.37. The standard InChI is InChI=1S/C18H23NO/c20-18(12-19-10-16-5-2-6-17(16)11-19)15-8-7-13-3-1-4-14(13)9-15/h7-9,16-17H,1-6,10-12H2. The number of carbonyl (C=O) groups is 1. The van der Waals surface area contributed by atoms with E-state index in [0.29, 0.717) is 12.3 Å². The Morgan fingerprint density at radius 3 is 2.60 bits per heavy atom. The van der Waals surface area contributed by atoms with E-state index in [2.05, 4.69) is 17.0 Å². The maximum Gasteiger partial charge on any atom is 0.176 e. The molecule has 2 nitrogen and oxygen atoms in total. The van der Waals surface area contributed by atoms with E-state index in [4.69, 9.17) is 0 Å². The van der Waals surface area contributed by atoms with Gasteiger partial charge in [0, 0.05) is 18.7 Å². The van der Waals surface area contributed by atoms with Crippen LogP contribution in [0, 0.1) is 11.8 Å². The zero-order valence-corrected chi connectivity index (χ0v) is 12.1. The van der Waals surface area contributed by atoms with Gasteiger partial charge in [0.2, 0.25) is 0 Å². The molecule has 2 atom stereocenters. The highest BCUT2D eigenvalue weighted by atomic mass is 16.1. The molecule has 0 spiro atoms. The van der Waals surface area contributed by atoms with E-state index in [0.717, 1.165) is 36.9 Å². The smallest absolute Gasteiger partial charge is 0.176 e. The van der Waals surface area contributed by atoms with Gasteiger partial charge in [-0.25, -0.2) is 0 Å². The van der Waals surface area contributed by atoms with Gasteiger partial charge in [0.25, 0.3) is 0 Å². The van der Waals surface area contributed by atoms with E-state index in [-0.39, 0.29) is 0 Å². The lowest BCUT2D eigenvalue weighted by Gasteiger charge is -2.16. The van der Waals surface area contributed by atoms with Crippen molar-refractivity contribution < 1.29 is 4.79 Å². The Labute approximate surface area is 121 Å². The first-order valence-corrected chi connectivity index (χ1v) is 8.17. The summed E-state index contributed by atoms with van der Waals surface area (Å²) in [5.41, 5.74) is 3.80. The zero-order valence-electron chi connectivity index (χ0n) is 12.1. The number of ketones is 1. The van der Waals surface area contributed by atoms with Crippen LogP contribution in [-0.2, 0) is 12.8 Å². The highest BCUT2D eigenvalue weighted by molar-refractivity contribution is 5.97. The number of aryl methyl sites for hydroxylation is 2. The van der Waals surface area contributed by atoms with Gasteiger partial charge in [-0.05, 0) is 61.1 Å². The molecule has 106 valence electrons. The molecule has 1 saturated heterocycles. The van der Waals surface area contributed by atoms with E-state index in [1.807, 2.05) is 6.07 Å². The van der Waals surface area contributed by atoms with E-state index >= 15 is 0 Å². The van der Waals surface area contributed by atoms with Crippen LogP contribution >= 0.6 is 0 Å². The molecule has 1 aromatic carbocycles. The van der Waals surface area contributed by atoms with Gasteiger partial charge in [-0.2, -0.15) is 0 Å². The van der Waals surface area contributed by atoms with Crippen molar-refractivity contribution in [2.24, 2.45) is 11.8 Å². The topological polar surface area (TPSA) is 20.3 Å². The second-order valence-corrected chi connectivity index (χ2v) is 6.91. The van der Waals surface area contributed by atoms with Crippen LogP contribution in [0.5, 0.6) is 0 Å². The number of nitrogens with zero attached hydrogens (tertiary/aromatic N) is 1. The molecular weight excluding hydrogens is 246 g/mol. The number of rotatable bonds is 3. The molecule has 2 unspecified atom stereocenters. The minimum atomic E-state index is 0.319. The van der Waals surface area contributed by atoms with Crippen LogP contribution in [0.15, 0.2) is 18.2 Å². The van der Waals surface area contributed by atoms with Crippen molar-refractivity contribution in [2.45, 2.75) is 38.5 Å². The Morgan fingerprint density at radius 2 is 1.80 bits per heavy atom. The second kappa shape index (κ2) is 5.00. The second-order valence-electron chi connectivity index (χ2n) is 6.91. The lowest BCUT2D eigenvalue weighted by atomic mass is 10.0. The van der Waals surface area contributed by atoms with Crippen molar-refractivity contribution in [3.05, 3.63) is 34.9 Å². The summed E-state index contributed by atoms with van der Waals surface area (Å²) in [5.74, 6) is 2.07. The summed E-state index contributed by atoms with van der Waals surface area (Å²) in [5, 5.41) is 0. The molecule has 3 aliphatic rings. The lowest BCUT2D eigenvalue weighted by molar-refractivity contribution is 0.0941. The Hall–Kier alpha value is -1.15. The number of hydrogen-bond acceptors (Lipinski definition) is 2. The van der Waals surface area contributed by atoms with Crippen molar-refractivity contribution in [3.8, 4) is 0 Å². The Bertz CT molecular complexity index is 524. The third-order valence-electron chi connectivity index (χ3n) is 5.59. The summed E-state index contributed by atoms with van der Waals surface area (Å²) >= 11 is 0. The van der Waals surface area contributed by atoms with Gasteiger partial charge in [0.05, 0.1) is 6.54 Å². The number of hydrogen-bond donors (Lipinski definition) is 0. The van der Waals surface area contributed by atoms with Gasteiger partial charge in [0.15, 0.2) is 5.78 Å². The van der Waals surface area contributed by atoms with Crippen molar-refractivity contribution >= 4 is 5.78 Å². The average Bonchev–Trinajstić information content (AvgIpc) is 3.11. The molecule has 0 amide bonds. The fourth-order valence-corrected chi connectivity index (χ4v) is 4.50.